The van der Waals surface area contributed by atoms with Gasteiger partial charge < -0.3 is 4.74 Å². The van der Waals surface area contributed by atoms with Gasteiger partial charge in [-0.15, -0.1) is 11.3 Å². The highest BCUT2D eigenvalue weighted by Crippen LogP contribution is 2.36. The first-order valence-corrected chi connectivity index (χ1v) is 6.76. The fraction of sp³-hybridized carbons (Fsp3) is 0.231. The van der Waals surface area contributed by atoms with Crippen molar-refractivity contribution >= 4 is 29.9 Å². The summed E-state index contributed by atoms with van der Waals surface area (Å²) in [5, 5.41) is -0.0682. The van der Waals surface area contributed by atoms with E-state index in [0.29, 0.717) is 0 Å². The number of ether oxygens (including phenoxy) is 1. The Morgan fingerprint density at radius 3 is 2.67 bits per heavy atom. The molecule has 0 aliphatic carbocycles. The molecule has 0 fully saturated rings. The fourth-order valence-electron chi connectivity index (χ4n) is 1.74. The number of carbonyl (C=O) groups excluding carboxylic acids is 1. The summed E-state index contributed by atoms with van der Waals surface area (Å²) >= 11 is 0.801. The zero-order chi connectivity index (χ0) is 15.6. The second-order valence-corrected chi connectivity index (χ2v) is 5.03. The molecule has 0 bridgehead atoms. The van der Waals surface area contributed by atoms with E-state index in [1.54, 1.807) is 6.92 Å². The second kappa shape index (κ2) is 5.89. The molecule has 0 saturated heterocycles. The molecule has 108 valence electrons. The summed E-state index contributed by atoms with van der Waals surface area (Å²) in [4.78, 5) is 15.5. The summed E-state index contributed by atoms with van der Waals surface area (Å²) in [7, 11) is 5.70. The molecule has 0 aliphatic rings. The Kier molecular flexibility index (Phi) is 4.36. The summed E-state index contributed by atoms with van der Waals surface area (Å²) in [5.74, 6) is -0.704. The lowest BCUT2D eigenvalue weighted by Gasteiger charge is -2.11. The van der Waals surface area contributed by atoms with Gasteiger partial charge in [0, 0.05) is 5.56 Å². The van der Waals surface area contributed by atoms with E-state index in [1.165, 1.54) is 18.2 Å². The number of aromatic nitrogens is 1. The molecular weight excluding hydrogens is 302 g/mol. The summed E-state index contributed by atoms with van der Waals surface area (Å²) in [5.41, 5.74) is -1.07. The lowest BCUT2D eigenvalue weighted by Crippen LogP contribution is -2.10. The van der Waals surface area contributed by atoms with Crippen LogP contribution in [-0.4, -0.2) is 25.4 Å². The van der Waals surface area contributed by atoms with Gasteiger partial charge in [-0.2, -0.15) is 13.2 Å². The van der Waals surface area contributed by atoms with Gasteiger partial charge in [0.25, 0.3) is 0 Å². The van der Waals surface area contributed by atoms with Gasteiger partial charge >= 0.3 is 12.1 Å². The second-order valence-electron chi connectivity index (χ2n) is 4.00. The minimum Gasteiger partial charge on any atom is -0.461 e. The number of carbonyl (C=O) groups is 1. The molecule has 0 unspecified atom stereocenters. The van der Waals surface area contributed by atoms with Gasteiger partial charge in [0.1, 0.15) is 7.85 Å². The highest BCUT2D eigenvalue weighted by atomic mass is 32.1. The molecular formula is C13H9BF3NO2S. The van der Waals surface area contributed by atoms with Crippen molar-refractivity contribution < 1.29 is 22.7 Å². The normalized spacial score (nSPS) is 11.4. The third kappa shape index (κ3) is 3.26. The molecule has 21 heavy (non-hydrogen) atoms. The lowest BCUT2D eigenvalue weighted by atomic mass is 9.97. The molecule has 0 atom stereocenters. The van der Waals surface area contributed by atoms with Crippen molar-refractivity contribution in [3.63, 3.8) is 0 Å². The topological polar surface area (TPSA) is 39.2 Å². The zero-order valence-electron chi connectivity index (χ0n) is 10.9. The highest BCUT2D eigenvalue weighted by Gasteiger charge is 2.34. The van der Waals surface area contributed by atoms with Gasteiger partial charge in [0.15, 0.2) is 0 Å². The predicted octanol–water partition coefficient (Wildman–Crippen LogP) is 2.80. The average Bonchev–Trinajstić information content (AvgIpc) is 2.80. The van der Waals surface area contributed by atoms with Crippen LogP contribution >= 0.6 is 11.3 Å². The number of benzene rings is 1. The maximum absolute atomic E-state index is 13.0. The molecule has 1 aromatic heterocycles. The number of rotatable bonds is 3. The Balaban J connectivity index is 2.51. The summed E-state index contributed by atoms with van der Waals surface area (Å²) < 4.78 is 43.8. The van der Waals surface area contributed by atoms with Crippen LogP contribution in [0.25, 0.3) is 11.3 Å². The summed E-state index contributed by atoms with van der Waals surface area (Å²) in [6, 6.07) is 4.94. The molecule has 2 aromatic rings. The Morgan fingerprint density at radius 1 is 1.38 bits per heavy atom. The van der Waals surface area contributed by atoms with Crippen LogP contribution in [0.5, 0.6) is 0 Å². The van der Waals surface area contributed by atoms with Gasteiger partial charge in [-0.25, -0.2) is 9.78 Å². The summed E-state index contributed by atoms with van der Waals surface area (Å²) in [6.07, 6.45) is -4.53. The molecule has 8 heteroatoms. The van der Waals surface area contributed by atoms with Gasteiger partial charge in [0.2, 0.25) is 5.01 Å². The fourth-order valence-corrected chi connectivity index (χ4v) is 2.48. The highest BCUT2D eigenvalue weighted by molar-refractivity contribution is 7.21. The molecule has 2 radical (unpaired) electrons. The van der Waals surface area contributed by atoms with E-state index in [-0.39, 0.29) is 27.6 Å². The number of hydrogen-bond acceptors (Lipinski definition) is 4. The first kappa shape index (κ1) is 15.6. The largest absolute Gasteiger partial charge is 0.461 e. The standard InChI is InChI=1S/C13H9BF3NO2S/c1-2-20-12(19)11-18-9(10(14)21-11)7-5-3-4-6-8(7)13(15,16)17/h3-6H,2H2,1H3. The van der Waals surface area contributed by atoms with Crippen molar-refractivity contribution in [1.29, 1.82) is 0 Å². The van der Waals surface area contributed by atoms with Crippen molar-refractivity contribution in [2.75, 3.05) is 6.61 Å². The predicted molar refractivity (Wildman–Crippen MR) is 73.9 cm³/mol. The van der Waals surface area contributed by atoms with E-state index >= 15 is 0 Å². The van der Waals surface area contributed by atoms with E-state index in [2.05, 4.69) is 4.98 Å². The van der Waals surface area contributed by atoms with Crippen LogP contribution in [0.1, 0.15) is 22.3 Å². The number of nitrogens with zero attached hydrogens (tertiary/aromatic N) is 1. The molecule has 0 amide bonds. The quantitative estimate of drug-likeness (QED) is 0.646. The molecule has 1 heterocycles. The number of hydrogen-bond donors (Lipinski definition) is 0. The van der Waals surface area contributed by atoms with Crippen molar-refractivity contribution in [3.8, 4) is 11.3 Å². The Hall–Kier alpha value is -1.83. The van der Waals surface area contributed by atoms with Crippen LogP contribution in [-0.2, 0) is 10.9 Å². The number of halogens is 3. The van der Waals surface area contributed by atoms with Gasteiger partial charge in [-0.05, 0) is 17.8 Å². The number of alkyl halides is 3. The van der Waals surface area contributed by atoms with Gasteiger partial charge in [-0.3, -0.25) is 0 Å². The molecule has 0 aliphatic heterocycles. The Labute approximate surface area is 124 Å². The van der Waals surface area contributed by atoms with Gasteiger partial charge in [0.05, 0.1) is 17.9 Å². The minimum atomic E-state index is -4.53. The average molecular weight is 311 g/mol. The maximum atomic E-state index is 13.0. The van der Waals surface area contributed by atoms with E-state index in [9.17, 15) is 18.0 Å². The molecule has 1 aromatic carbocycles. The number of thiazole rings is 1. The zero-order valence-corrected chi connectivity index (χ0v) is 11.7. The third-order valence-corrected chi connectivity index (χ3v) is 3.46. The molecule has 0 N–H and O–H groups in total. The van der Waals surface area contributed by atoms with Crippen molar-refractivity contribution in [1.82, 2.24) is 4.98 Å². The van der Waals surface area contributed by atoms with E-state index in [0.717, 1.165) is 17.4 Å². The molecule has 0 spiro atoms. The van der Waals surface area contributed by atoms with Crippen molar-refractivity contribution in [2.45, 2.75) is 13.1 Å². The SMILES string of the molecule is [B]c1sc(C(=O)OCC)nc1-c1ccccc1C(F)(F)F. The van der Waals surface area contributed by atoms with Crippen LogP contribution in [0.15, 0.2) is 24.3 Å². The minimum absolute atomic E-state index is 0.0368. The smallest absolute Gasteiger partial charge is 0.417 e. The van der Waals surface area contributed by atoms with Gasteiger partial charge in [-0.1, -0.05) is 18.2 Å². The van der Waals surface area contributed by atoms with Crippen LogP contribution in [0, 0.1) is 0 Å². The van der Waals surface area contributed by atoms with Crippen LogP contribution in [0.4, 0.5) is 13.2 Å². The Bertz CT molecular complexity index is 670. The lowest BCUT2D eigenvalue weighted by molar-refractivity contribution is -0.137. The summed E-state index contributed by atoms with van der Waals surface area (Å²) in [6.45, 7) is 1.77. The van der Waals surface area contributed by atoms with Crippen LogP contribution in [0.2, 0.25) is 0 Å². The first-order valence-electron chi connectivity index (χ1n) is 5.94. The van der Waals surface area contributed by atoms with E-state index < -0.39 is 17.7 Å². The van der Waals surface area contributed by atoms with E-state index in [1.807, 2.05) is 0 Å². The Morgan fingerprint density at radius 2 is 2.05 bits per heavy atom. The monoisotopic (exact) mass is 311 g/mol. The first-order chi connectivity index (χ1) is 9.84. The van der Waals surface area contributed by atoms with Crippen LogP contribution in [0.3, 0.4) is 0 Å². The molecule has 0 saturated carbocycles. The molecule has 2 rings (SSSR count). The van der Waals surface area contributed by atoms with Crippen molar-refractivity contribution in [3.05, 3.63) is 34.8 Å². The molecule has 3 nitrogen and oxygen atoms in total. The van der Waals surface area contributed by atoms with E-state index in [4.69, 9.17) is 12.6 Å². The van der Waals surface area contributed by atoms with Crippen LogP contribution < -0.4 is 4.78 Å². The number of esters is 1. The third-order valence-electron chi connectivity index (χ3n) is 2.59. The van der Waals surface area contributed by atoms with Crippen molar-refractivity contribution in [2.24, 2.45) is 0 Å². The maximum Gasteiger partial charge on any atom is 0.417 e.